The molecule has 0 aliphatic carbocycles. The second-order valence-corrected chi connectivity index (χ2v) is 6.48. The smallest absolute Gasteiger partial charge is 0.336 e. The van der Waals surface area contributed by atoms with Crippen LogP contribution in [0.15, 0.2) is 51.7 Å². The van der Waals surface area contributed by atoms with Crippen molar-refractivity contribution in [1.29, 1.82) is 0 Å². The highest BCUT2D eigenvalue weighted by Crippen LogP contribution is 2.28. The van der Waals surface area contributed by atoms with E-state index in [4.69, 9.17) is 16.0 Å². The molecule has 0 unspecified atom stereocenters. The molecule has 4 nitrogen and oxygen atoms in total. The summed E-state index contributed by atoms with van der Waals surface area (Å²) in [6.45, 7) is 5.90. The fourth-order valence-electron chi connectivity index (χ4n) is 2.93. The van der Waals surface area contributed by atoms with Gasteiger partial charge in [0.15, 0.2) is 0 Å². The molecule has 3 aromatic rings. The molecule has 0 fully saturated rings. The molecule has 0 atom stereocenters. The lowest BCUT2D eigenvalue weighted by molar-refractivity contribution is 0.272. The summed E-state index contributed by atoms with van der Waals surface area (Å²) in [6.07, 6.45) is 0. The second kappa shape index (κ2) is 7.30. The van der Waals surface area contributed by atoms with Crippen LogP contribution >= 0.6 is 11.6 Å². The minimum atomic E-state index is -0.412. The van der Waals surface area contributed by atoms with Gasteiger partial charge in [-0.2, -0.15) is 0 Å². The summed E-state index contributed by atoms with van der Waals surface area (Å²) in [5.41, 5.74) is 2.53. The van der Waals surface area contributed by atoms with E-state index in [0.29, 0.717) is 24.2 Å². The zero-order valence-electron chi connectivity index (χ0n) is 14.3. The average Bonchev–Trinajstić information content (AvgIpc) is 2.59. The molecule has 0 saturated heterocycles. The van der Waals surface area contributed by atoms with Gasteiger partial charge < -0.3 is 9.52 Å². The lowest BCUT2D eigenvalue weighted by atomic mass is 10.1. The predicted molar refractivity (Wildman–Crippen MR) is 100 cm³/mol. The highest BCUT2D eigenvalue weighted by molar-refractivity contribution is 6.31. The number of phenolic OH excluding ortho intramolecular Hbond substituents is 1. The average molecular weight is 358 g/mol. The van der Waals surface area contributed by atoms with Gasteiger partial charge in [-0.25, -0.2) is 4.79 Å². The zero-order chi connectivity index (χ0) is 18.0. The molecule has 130 valence electrons. The summed E-state index contributed by atoms with van der Waals surface area (Å²) < 4.78 is 5.31. The largest absolute Gasteiger partial charge is 0.508 e. The van der Waals surface area contributed by atoms with Gasteiger partial charge in [-0.15, -0.1) is 0 Å². The van der Waals surface area contributed by atoms with Crippen molar-refractivity contribution >= 4 is 22.6 Å². The number of hydrogen-bond acceptors (Lipinski definition) is 4. The van der Waals surface area contributed by atoms with Crippen LogP contribution in [0.1, 0.15) is 23.6 Å². The highest BCUT2D eigenvalue weighted by atomic mass is 35.5. The molecule has 0 amide bonds. The zero-order valence-corrected chi connectivity index (χ0v) is 15.0. The van der Waals surface area contributed by atoms with E-state index in [1.165, 1.54) is 6.07 Å². The van der Waals surface area contributed by atoms with Crippen LogP contribution in [0.3, 0.4) is 0 Å². The van der Waals surface area contributed by atoms with Crippen LogP contribution in [0.4, 0.5) is 0 Å². The minimum absolute atomic E-state index is 0.121. The maximum Gasteiger partial charge on any atom is 0.336 e. The van der Waals surface area contributed by atoms with Gasteiger partial charge >= 0.3 is 5.63 Å². The number of rotatable bonds is 5. The summed E-state index contributed by atoms with van der Waals surface area (Å²) in [5.74, 6) is 0.121. The van der Waals surface area contributed by atoms with Gasteiger partial charge in [0.25, 0.3) is 0 Å². The number of aryl methyl sites for hydroxylation is 1. The molecule has 0 spiro atoms. The molecular weight excluding hydrogens is 338 g/mol. The Morgan fingerprint density at radius 3 is 2.56 bits per heavy atom. The monoisotopic (exact) mass is 357 g/mol. The van der Waals surface area contributed by atoms with Crippen LogP contribution in [0, 0.1) is 6.92 Å². The third-order valence-electron chi connectivity index (χ3n) is 4.41. The molecule has 0 saturated carbocycles. The van der Waals surface area contributed by atoms with E-state index in [9.17, 15) is 9.90 Å². The molecule has 1 aromatic heterocycles. The van der Waals surface area contributed by atoms with Crippen molar-refractivity contribution in [2.45, 2.75) is 26.9 Å². The molecule has 0 aliphatic rings. The molecule has 5 heteroatoms. The summed E-state index contributed by atoms with van der Waals surface area (Å²) in [7, 11) is 0. The Labute approximate surface area is 151 Å². The molecule has 0 aliphatic heterocycles. The van der Waals surface area contributed by atoms with Gasteiger partial charge in [0, 0.05) is 35.1 Å². The van der Waals surface area contributed by atoms with Crippen LogP contribution in [-0.4, -0.2) is 16.6 Å². The van der Waals surface area contributed by atoms with Crippen molar-refractivity contribution < 1.29 is 9.52 Å². The normalized spacial score (nSPS) is 11.4. The standard InChI is InChI=1S/C20H20ClNO3/c1-3-22(11-14-6-4-5-7-17(14)21)12-15-10-19(24)25-20-13(2)18(23)9-8-16(15)20/h4-10,23H,3,11-12H2,1-2H3. The van der Waals surface area contributed by atoms with Crippen LogP contribution < -0.4 is 5.63 Å². The maximum atomic E-state index is 12.0. The quantitative estimate of drug-likeness (QED) is 0.684. The van der Waals surface area contributed by atoms with Crippen LogP contribution in [0.25, 0.3) is 11.0 Å². The minimum Gasteiger partial charge on any atom is -0.508 e. The number of aromatic hydroxyl groups is 1. The summed E-state index contributed by atoms with van der Waals surface area (Å²) >= 11 is 6.27. The van der Waals surface area contributed by atoms with E-state index in [2.05, 4.69) is 11.8 Å². The van der Waals surface area contributed by atoms with Crippen molar-refractivity contribution in [1.82, 2.24) is 4.90 Å². The lowest BCUT2D eigenvalue weighted by Crippen LogP contribution is -2.23. The van der Waals surface area contributed by atoms with E-state index in [1.807, 2.05) is 24.3 Å². The van der Waals surface area contributed by atoms with E-state index >= 15 is 0 Å². The first-order chi connectivity index (χ1) is 12.0. The molecular formula is C20H20ClNO3. The first-order valence-electron chi connectivity index (χ1n) is 8.20. The summed E-state index contributed by atoms with van der Waals surface area (Å²) in [4.78, 5) is 14.2. The maximum absolute atomic E-state index is 12.0. The third kappa shape index (κ3) is 3.70. The molecule has 3 rings (SSSR count). The second-order valence-electron chi connectivity index (χ2n) is 6.07. The Morgan fingerprint density at radius 2 is 1.84 bits per heavy atom. The Kier molecular flexibility index (Phi) is 5.11. The molecule has 1 N–H and O–H groups in total. The Hall–Kier alpha value is -2.30. The van der Waals surface area contributed by atoms with Crippen molar-refractivity contribution in [2.24, 2.45) is 0 Å². The van der Waals surface area contributed by atoms with E-state index in [0.717, 1.165) is 28.1 Å². The topological polar surface area (TPSA) is 53.7 Å². The SMILES string of the molecule is CCN(Cc1ccccc1Cl)Cc1cc(=O)oc2c(C)c(O)ccc12. The fourth-order valence-corrected chi connectivity index (χ4v) is 3.13. The van der Waals surface area contributed by atoms with Crippen molar-refractivity contribution in [2.75, 3.05) is 6.54 Å². The van der Waals surface area contributed by atoms with Gasteiger partial charge in [0.05, 0.1) is 0 Å². The van der Waals surface area contributed by atoms with Crippen LogP contribution in [-0.2, 0) is 13.1 Å². The summed E-state index contributed by atoms with van der Waals surface area (Å²) in [5, 5.41) is 11.4. The fraction of sp³-hybridized carbons (Fsp3) is 0.250. The van der Waals surface area contributed by atoms with Gasteiger partial charge in [-0.3, -0.25) is 4.90 Å². The number of benzene rings is 2. The van der Waals surface area contributed by atoms with Gasteiger partial charge in [-0.05, 0) is 42.8 Å². The number of nitrogens with zero attached hydrogens (tertiary/aromatic N) is 1. The summed E-state index contributed by atoms with van der Waals surface area (Å²) in [6, 6.07) is 12.7. The Morgan fingerprint density at radius 1 is 1.12 bits per heavy atom. The van der Waals surface area contributed by atoms with Gasteiger partial charge in [0.2, 0.25) is 0 Å². The van der Waals surface area contributed by atoms with Crippen molar-refractivity contribution in [3.8, 4) is 5.75 Å². The predicted octanol–water partition coefficient (Wildman–Crippen LogP) is 4.48. The Balaban J connectivity index is 1.97. The number of fused-ring (bicyclic) bond motifs is 1. The molecule has 0 radical (unpaired) electrons. The van der Waals surface area contributed by atoms with E-state index < -0.39 is 5.63 Å². The number of phenols is 1. The number of hydrogen-bond donors (Lipinski definition) is 1. The van der Waals surface area contributed by atoms with Gasteiger partial charge in [-0.1, -0.05) is 36.7 Å². The molecule has 2 aromatic carbocycles. The molecule has 25 heavy (non-hydrogen) atoms. The van der Waals surface area contributed by atoms with Crippen LogP contribution in [0.2, 0.25) is 5.02 Å². The molecule has 1 heterocycles. The first-order valence-corrected chi connectivity index (χ1v) is 8.58. The number of halogens is 1. The third-order valence-corrected chi connectivity index (χ3v) is 4.78. The highest BCUT2D eigenvalue weighted by Gasteiger charge is 2.14. The first kappa shape index (κ1) is 17.5. The van der Waals surface area contributed by atoms with Crippen molar-refractivity contribution in [3.05, 3.63) is 74.6 Å². The molecule has 0 bridgehead atoms. The Bertz CT molecular complexity index is 965. The van der Waals surface area contributed by atoms with E-state index in [-0.39, 0.29) is 5.75 Å². The van der Waals surface area contributed by atoms with Crippen molar-refractivity contribution in [3.63, 3.8) is 0 Å². The van der Waals surface area contributed by atoms with Crippen LogP contribution in [0.5, 0.6) is 5.75 Å². The van der Waals surface area contributed by atoms with Gasteiger partial charge in [0.1, 0.15) is 11.3 Å². The van der Waals surface area contributed by atoms with E-state index in [1.54, 1.807) is 19.1 Å². The lowest BCUT2D eigenvalue weighted by Gasteiger charge is -2.22.